The predicted molar refractivity (Wildman–Crippen MR) is 110 cm³/mol. The highest BCUT2D eigenvalue weighted by molar-refractivity contribution is 5.98. The first-order valence-corrected chi connectivity index (χ1v) is 9.56. The van der Waals surface area contributed by atoms with Gasteiger partial charge in [-0.05, 0) is 41.8 Å². The van der Waals surface area contributed by atoms with Crippen LogP contribution in [-0.2, 0) is 0 Å². The van der Waals surface area contributed by atoms with Crippen molar-refractivity contribution in [3.05, 3.63) is 60.2 Å². The minimum atomic E-state index is -0.0716. The topological polar surface area (TPSA) is 58.6 Å². The van der Waals surface area contributed by atoms with Gasteiger partial charge in [-0.15, -0.1) is 10.2 Å². The number of rotatable bonds is 4. The number of likely N-dealkylation sites (tertiary alicyclic amines) is 1. The molecule has 1 unspecified atom stereocenters. The van der Waals surface area contributed by atoms with E-state index in [4.69, 9.17) is 4.74 Å². The lowest BCUT2D eigenvalue weighted by Gasteiger charge is -2.32. The number of fused-ring (bicyclic) bond motifs is 1. The summed E-state index contributed by atoms with van der Waals surface area (Å²) in [5.74, 6) is 1.33. The first-order chi connectivity index (χ1) is 13.6. The minimum Gasteiger partial charge on any atom is -0.471 e. The van der Waals surface area contributed by atoms with E-state index < -0.39 is 0 Å². The van der Waals surface area contributed by atoms with Crippen LogP contribution < -0.4 is 9.64 Å². The Labute approximate surface area is 164 Å². The van der Waals surface area contributed by atoms with E-state index in [1.807, 2.05) is 72.4 Å². The summed E-state index contributed by atoms with van der Waals surface area (Å²) in [4.78, 5) is 16.8. The Hall–Kier alpha value is -3.15. The molecule has 0 bridgehead atoms. The molecule has 144 valence electrons. The number of amides is 1. The Kier molecular flexibility index (Phi) is 5.10. The number of hydrogen-bond donors (Lipinski definition) is 0. The SMILES string of the molecule is CN(C)c1ccc(OC2CCCN(C(=O)c3ccc4ccccc4c3)C2)nn1. The molecule has 2 heterocycles. The summed E-state index contributed by atoms with van der Waals surface area (Å²) in [6.07, 6.45) is 1.74. The molecule has 1 aliphatic rings. The molecular weight excluding hydrogens is 352 g/mol. The molecule has 0 aliphatic carbocycles. The van der Waals surface area contributed by atoms with Crippen LogP contribution in [0.1, 0.15) is 23.2 Å². The zero-order valence-electron chi connectivity index (χ0n) is 16.2. The minimum absolute atomic E-state index is 0.0492. The number of carbonyl (C=O) groups excluding carboxylic acids is 1. The third kappa shape index (κ3) is 3.91. The van der Waals surface area contributed by atoms with E-state index in [-0.39, 0.29) is 12.0 Å². The maximum absolute atomic E-state index is 13.0. The average Bonchev–Trinajstić information content (AvgIpc) is 2.73. The van der Waals surface area contributed by atoms with Crippen LogP contribution in [0, 0.1) is 0 Å². The van der Waals surface area contributed by atoms with E-state index in [9.17, 15) is 4.79 Å². The molecule has 0 radical (unpaired) electrons. The van der Waals surface area contributed by atoms with Crippen LogP contribution in [0.4, 0.5) is 5.82 Å². The maximum atomic E-state index is 13.0. The Morgan fingerprint density at radius 3 is 2.64 bits per heavy atom. The number of benzene rings is 2. The zero-order chi connectivity index (χ0) is 19.5. The van der Waals surface area contributed by atoms with Crippen molar-refractivity contribution in [1.82, 2.24) is 15.1 Å². The van der Waals surface area contributed by atoms with Crippen molar-refractivity contribution in [2.75, 3.05) is 32.1 Å². The summed E-state index contributed by atoms with van der Waals surface area (Å²) in [6, 6.07) is 17.7. The first kappa shape index (κ1) is 18.2. The summed E-state index contributed by atoms with van der Waals surface area (Å²) in [7, 11) is 3.84. The van der Waals surface area contributed by atoms with Gasteiger partial charge in [0.15, 0.2) is 5.82 Å². The van der Waals surface area contributed by atoms with E-state index in [0.29, 0.717) is 12.4 Å². The summed E-state index contributed by atoms with van der Waals surface area (Å²) in [5.41, 5.74) is 0.717. The second-order valence-electron chi connectivity index (χ2n) is 7.32. The molecule has 1 aliphatic heterocycles. The van der Waals surface area contributed by atoms with E-state index in [1.165, 1.54) is 0 Å². The van der Waals surface area contributed by atoms with Crippen LogP contribution >= 0.6 is 0 Å². The smallest absolute Gasteiger partial charge is 0.254 e. The molecule has 28 heavy (non-hydrogen) atoms. The molecule has 1 atom stereocenters. The van der Waals surface area contributed by atoms with Gasteiger partial charge in [-0.3, -0.25) is 4.79 Å². The predicted octanol–water partition coefficient (Wildman–Crippen LogP) is 3.38. The Morgan fingerprint density at radius 1 is 1.07 bits per heavy atom. The van der Waals surface area contributed by atoms with Crippen LogP contribution in [0.25, 0.3) is 10.8 Å². The highest BCUT2D eigenvalue weighted by Gasteiger charge is 2.26. The fourth-order valence-corrected chi connectivity index (χ4v) is 3.51. The van der Waals surface area contributed by atoms with Gasteiger partial charge in [0, 0.05) is 32.3 Å². The lowest BCUT2D eigenvalue weighted by molar-refractivity contribution is 0.0526. The van der Waals surface area contributed by atoms with Gasteiger partial charge in [0.05, 0.1) is 6.54 Å². The molecular formula is C22H24N4O2. The largest absolute Gasteiger partial charge is 0.471 e. The molecule has 6 nitrogen and oxygen atoms in total. The van der Waals surface area contributed by atoms with Crippen molar-refractivity contribution in [3.8, 4) is 5.88 Å². The number of ether oxygens (including phenoxy) is 1. The van der Waals surface area contributed by atoms with Crippen LogP contribution in [0.5, 0.6) is 5.88 Å². The van der Waals surface area contributed by atoms with E-state index >= 15 is 0 Å². The molecule has 1 aromatic heterocycles. The van der Waals surface area contributed by atoms with Gasteiger partial charge in [-0.1, -0.05) is 30.3 Å². The monoisotopic (exact) mass is 376 g/mol. The maximum Gasteiger partial charge on any atom is 0.254 e. The molecule has 1 amide bonds. The van der Waals surface area contributed by atoms with Gasteiger partial charge in [-0.2, -0.15) is 0 Å². The summed E-state index contributed by atoms with van der Waals surface area (Å²) in [6.45, 7) is 1.31. The van der Waals surface area contributed by atoms with Gasteiger partial charge < -0.3 is 14.5 Å². The van der Waals surface area contributed by atoms with Gasteiger partial charge >= 0.3 is 0 Å². The van der Waals surface area contributed by atoms with Gasteiger partial charge in [0.1, 0.15) is 6.10 Å². The second kappa shape index (κ2) is 7.84. The molecule has 4 rings (SSSR count). The molecule has 1 fully saturated rings. The van der Waals surface area contributed by atoms with Crippen molar-refractivity contribution >= 4 is 22.5 Å². The Bertz CT molecular complexity index is 972. The highest BCUT2D eigenvalue weighted by atomic mass is 16.5. The Morgan fingerprint density at radius 2 is 1.89 bits per heavy atom. The third-order valence-corrected chi connectivity index (χ3v) is 5.03. The summed E-state index contributed by atoms with van der Waals surface area (Å²) >= 11 is 0. The quantitative estimate of drug-likeness (QED) is 0.699. The van der Waals surface area contributed by atoms with Crippen molar-refractivity contribution < 1.29 is 9.53 Å². The molecule has 0 spiro atoms. The fraction of sp³-hybridized carbons (Fsp3) is 0.318. The normalized spacial score (nSPS) is 16.8. The van der Waals surface area contributed by atoms with E-state index in [1.54, 1.807) is 0 Å². The van der Waals surface area contributed by atoms with Crippen molar-refractivity contribution in [2.24, 2.45) is 0 Å². The summed E-state index contributed by atoms with van der Waals surface area (Å²) in [5, 5.41) is 10.5. The molecule has 1 saturated heterocycles. The number of nitrogens with zero attached hydrogens (tertiary/aromatic N) is 4. The van der Waals surface area contributed by atoms with Crippen LogP contribution in [-0.4, -0.2) is 54.3 Å². The number of hydrogen-bond acceptors (Lipinski definition) is 5. The fourth-order valence-electron chi connectivity index (χ4n) is 3.51. The molecule has 3 aromatic rings. The molecule has 2 aromatic carbocycles. The summed E-state index contributed by atoms with van der Waals surface area (Å²) < 4.78 is 5.99. The molecule has 6 heteroatoms. The lowest BCUT2D eigenvalue weighted by Crippen LogP contribution is -2.44. The van der Waals surface area contributed by atoms with Gasteiger partial charge in [-0.25, -0.2) is 0 Å². The van der Waals surface area contributed by atoms with E-state index in [0.717, 1.165) is 41.5 Å². The van der Waals surface area contributed by atoms with Crippen molar-refractivity contribution in [2.45, 2.75) is 18.9 Å². The second-order valence-corrected chi connectivity index (χ2v) is 7.32. The number of anilines is 1. The van der Waals surface area contributed by atoms with Crippen LogP contribution in [0.3, 0.4) is 0 Å². The zero-order valence-corrected chi connectivity index (χ0v) is 16.2. The van der Waals surface area contributed by atoms with Crippen LogP contribution in [0.15, 0.2) is 54.6 Å². The third-order valence-electron chi connectivity index (χ3n) is 5.03. The van der Waals surface area contributed by atoms with Crippen molar-refractivity contribution in [1.29, 1.82) is 0 Å². The number of carbonyl (C=O) groups is 1. The van der Waals surface area contributed by atoms with Gasteiger partial charge in [0.25, 0.3) is 5.91 Å². The number of piperidine rings is 1. The average molecular weight is 376 g/mol. The van der Waals surface area contributed by atoms with Crippen LogP contribution in [0.2, 0.25) is 0 Å². The van der Waals surface area contributed by atoms with E-state index in [2.05, 4.69) is 16.3 Å². The molecule has 0 saturated carbocycles. The molecule has 0 N–H and O–H groups in total. The van der Waals surface area contributed by atoms with Gasteiger partial charge in [0.2, 0.25) is 5.88 Å². The standard InChI is InChI=1S/C22H24N4O2/c1-25(2)20-11-12-21(24-23-20)28-19-8-5-13-26(15-19)22(27)18-10-9-16-6-3-4-7-17(16)14-18/h3-4,6-7,9-12,14,19H,5,8,13,15H2,1-2H3. The highest BCUT2D eigenvalue weighted by Crippen LogP contribution is 2.21. The lowest BCUT2D eigenvalue weighted by atomic mass is 10.0. The Balaban J connectivity index is 1.44. The first-order valence-electron chi connectivity index (χ1n) is 9.56. The number of aromatic nitrogens is 2. The van der Waals surface area contributed by atoms with Crippen molar-refractivity contribution in [3.63, 3.8) is 0 Å².